The van der Waals surface area contributed by atoms with Crippen LogP contribution in [-0.2, 0) is 30.8 Å². The number of carbonyl (C=O) groups excluding carboxylic acids is 2. The summed E-state index contributed by atoms with van der Waals surface area (Å²) in [5, 5.41) is 11.4. The first-order chi connectivity index (χ1) is 18.1. The fraction of sp³-hybridized carbons (Fsp3) is 0.429. The number of hydrogen-bond acceptors (Lipinski definition) is 7. The number of rotatable bonds is 9. The number of nitrogens with zero attached hydrogens (tertiary/aromatic N) is 3. The van der Waals surface area contributed by atoms with Crippen molar-refractivity contribution >= 4 is 27.5 Å². The second kappa shape index (κ2) is 11.8. The molecule has 0 bridgehead atoms. The van der Waals surface area contributed by atoms with Crippen LogP contribution in [0.15, 0.2) is 59.0 Å². The Hall–Kier alpha value is -3.05. The van der Waals surface area contributed by atoms with Crippen molar-refractivity contribution in [2.45, 2.75) is 30.7 Å². The lowest BCUT2D eigenvalue weighted by Gasteiger charge is -2.29. The number of aliphatic hydroxyl groups excluding tert-OH is 1. The number of hydrogen-bond donors (Lipinski definition) is 1. The Morgan fingerprint density at radius 2 is 1.74 bits per heavy atom. The van der Waals surface area contributed by atoms with E-state index < -0.39 is 27.8 Å². The van der Waals surface area contributed by atoms with Gasteiger partial charge in [0.1, 0.15) is 5.76 Å². The highest BCUT2D eigenvalue weighted by atomic mass is 32.2. The average molecular weight is 542 g/mol. The molecule has 1 N–H and O–H groups in total. The summed E-state index contributed by atoms with van der Waals surface area (Å²) >= 11 is 0. The van der Waals surface area contributed by atoms with Crippen LogP contribution in [0.4, 0.5) is 0 Å². The summed E-state index contributed by atoms with van der Waals surface area (Å²) in [6.45, 7) is 6.15. The van der Waals surface area contributed by atoms with Gasteiger partial charge >= 0.3 is 0 Å². The molecule has 0 saturated carbocycles. The summed E-state index contributed by atoms with van der Waals surface area (Å²) in [5.41, 5.74) is 1.95. The number of sulfonamides is 1. The molecule has 4 rings (SSSR count). The molecule has 10 heteroatoms. The van der Waals surface area contributed by atoms with Crippen LogP contribution >= 0.6 is 0 Å². The molecule has 204 valence electrons. The fourth-order valence-electron chi connectivity index (χ4n) is 4.85. The van der Waals surface area contributed by atoms with E-state index in [0.717, 1.165) is 35.9 Å². The van der Waals surface area contributed by atoms with Crippen molar-refractivity contribution in [1.82, 2.24) is 14.1 Å². The molecule has 0 spiro atoms. The summed E-state index contributed by atoms with van der Waals surface area (Å²) in [7, 11) is -0.922. The molecule has 2 aromatic rings. The van der Waals surface area contributed by atoms with Gasteiger partial charge in [-0.1, -0.05) is 43.3 Å². The van der Waals surface area contributed by atoms with Gasteiger partial charge in [-0.2, -0.15) is 0 Å². The van der Waals surface area contributed by atoms with E-state index in [1.165, 1.54) is 43.3 Å². The fourth-order valence-corrected chi connectivity index (χ4v) is 5.80. The first kappa shape index (κ1) is 28.0. The van der Waals surface area contributed by atoms with Crippen LogP contribution in [0.1, 0.15) is 36.1 Å². The first-order valence-electron chi connectivity index (χ1n) is 12.9. The number of carbonyl (C=O) groups is 2. The van der Waals surface area contributed by atoms with E-state index in [0.29, 0.717) is 31.7 Å². The SMILES string of the molecule is CCc1ccc(C2C(=C(O)c3cccc(S(=O)(=O)N(C)C)c3)C(=O)C(=O)N2CCCN2CCOCC2)cc1. The van der Waals surface area contributed by atoms with Crippen molar-refractivity contribution in [1.29, 1.82) is 0 Å². The van der Waals surface area contributed by atoms with Gasteiger partial charge in [-0.15, -0.1) is 0 Å². The maximum Gasteiger partial charge on any atom is 0.295 e. The smallest absolute Gasteiger partial charge is 0.295 e. The number of ketones is 1. The maximum absolute atomic E-state index is 13.3. The highest BCUT2D eigenvalue weighted by Gasteiger charge is 2.45. The molecule has 1 atom stereocenters. The predicted molar refractivity (Wildman–Crippen MR) is 144 cm³/mol. The van der Waals surface area contributed by atoms with Crippen molar-refractivity contribution in [3.05, 3.63) is 70.8 Å². The molecule has 2 aliphatic rings. The zero-order valence-corrected chi connectivity index (χ0v) is 22.9. The highest BCUT2D eigenvalue weighted by molar-refractivity contribution is 7.89. The van der Waals surface area contributed by atoms with Gasteiger partial charge in [-0.3, -0.25) is 14.5 Å². The third-order valence-corrected chi connectivity index (χ3v) is 8.92. The second-order valence-corrected chi connectivity index (χ2v) is 11.9. The Kier molecular flexibility index (Phi) is 8.67. The number of likely N-dealkylation sites (tertiary alicyclic amines) is 1. The summed E-state index contributed by atoms with van der Waals surface area (Å²) in [5.74, 6) is -1.84. The van der Waals surface area contributed by atoms with Gasteiger partial charge in [0.25, 0.3) is 11.7 Å². The Labute approximate surface area is 224 Å². The summed E-state index contributed by atoms with van der Waals surface area (Å²) in [4.78, 5) is 30.4. The van der Waals surface area contributed by atoms with Crippen molar-refractivity contribution < 1.29 is 27.9 Å². The van der Waals surface area contributed by atoms with E-state index in [1.54, 1.807) is 0 Å². The zero-order valence-electron chi connectivity index (χ0n) is 22.1. The Morgan fingerprint density at radius 3 is 2.37 bits per heavy atom. The van der Waals surface area contributed by atoms with Crippen LogP contribution in [0.3, 0.4) is 0 Å². The van der Waals surface area contributed by atoms with Gasteiger partial charge in [0.15, 0.2) is 0 Å². The topological polar surface area (TPSA) is 107 Å². The molecule has 38 heavy (non-hydrogen) atoms. The number of aliphatic hydroxyl groups is 1. The minimum atomic E-state index is -3.76. The third-order valence-electron chi connectivity index (χ3n) is 7.11. The van der Waals surface area contributed by atoms with Crippen LogP contribution < -0.4 is 0 Å². The molecular weight excluding hydrogens is 506 g/mol. The quantitative estimate of drug-likeness (QED) is 0.295. The normalized spacial score (nSPS) is 20.4. The van der Waals surface area contributed by atoms with Gasteiger partial charge in [-0.05, 0) is 36.1 Å². The van der Waals surface area contributed by atoms with Gasteiger partial charge in [-0.25, -0.2) is 12.7 Å². The molecule has 0 radical (unpaired) electrons. The van der Waals surface area contributed by atoms with Crippen LogP contribution in [0.5, 0.6) is 0 Å². The first-order valence-corrected chi connectivity index (χ1v) is 14.3. The van der Waals surface area contributed by atoms with Crippen LogP contribution in [-0.4, -0.2) is 92.8 Å². The molecule has 2 saturated heterocycles. The van der Waals surface area contributed by atoms with Gasteiger partial charge in [0.2, 0.25) is 10.0 Å². The Morgan fingerprint density at radius 1 is 1.05 bits per heavy atom. The number of benzene rings is 2. The third kappa shape index (κ3) is 5.68. The van der Waals surface area contributed by atoms with Crippen LogP contribution in [0.2, 0.25) is 0 Å². The molecule has 0 aliphatic carbocycles. The standard InChI is InChI=1S/C28H35N3O6S/c1-4-20-9-11-21(12-10-20)25-24(26(32)22-7-5-8-23(19-22)38(35,36)29(2)3)27(33)28(34)31(25)14-6-13-30-15-17-37-18-16-30/h5,7-12,19,25,32H,4,6,13-18H2,1-3H3. The largest absolute Gasteiger partial charge is 0.507 e. The summed E-state index contributed by atoms with van der Waals surface area (Å²) in [6.07, 6.45) is 1.50. The number of aryl methyl sites for hydroxylation is 1. The molecule has 2 aromatic carbocycles. The van der Waals surface area contributed by atoms with E-state index in [9.17, 15) is 23.1 Å². The minimum Gasteiger partial charge on any atom is -0.507 e. The highest BCUT2D eigenvalue weighted by Crippen LogP contribution is 2.39. The lowest BCUT2D eigenvalue weighted by molar-refractivity contribution is -0.140. The zero-order chi connectivity index (χ0) is 27.4. The molecule has 2 fully saturated rings. The van der Waals surface area contributed by atoms with Crippen molar-refractivity contribution in [2.24, 2.45) is 0 Å². The Bertz CT molecular complexity index is 1310. The van der Waals surface area contributed by atoms with E-state index in [2.05, 4.69) is 4.90 Å². The number of ether oxygens (including phenoxy) is 1. The molecule has 1 unspecified atom stereocenters. The van der Waals surface area contributed by atoms with E-state index in [1.807, 2.05) is 31.2 Å². The van der Waals surface area contributed by atoms with Crippen molar-refractivity contribution in [3.63, 3.8) is 0 Å². The summed E-state index contributed by atoms with van der Waals surface area (Å²) < 4.78 is 31.8. The van der Waals surface area contributed by atoms with Crippen LogP contribution in [0, 0.1) is 0 Å². The van der Waals surface area contributed by atoms with Gasteiger partial charge in [0.05, 0.1) is 29.7 Å². The van der Waals surface area contributed by atoms with E-state index in [-0.39, 0.29) is 21.8 Å². The number of morpholine rings is 1. The average Bonchev–Trinajstić information content (AvgIpc) is 3.18. The van der Waals surface area contributed by atoms with E-state index >= 15 is 0 Å². The van der Waals surface area contributed by atoms with Crippen molar-refractivity contribution in [3.8, 4) is 0 Å². The van der Waals surface area contributed by atoms with Crippen LogP contribution in [0.25, 0.3) is 5.76 Å². The number of amides is 1. The van der Waals surface area contributed by atoms with Gasteiger partial charge in [0, 0.05) is 45.8 Å². The molecular formula is C28H35N3O6S. The van der Waals surface area contributed by atoms with Crippen molar-refractivity contribution in [2.75, 3.05) is 53.5 Å². The second-order valence-electron chi connectivity index (χ2n) is 9.71. The molecule has 1 amide bonds. The molecule has 2 aliphatic heterocycles. The minimum absolute atomic E-state index is 0.0184. The monoisotopic (exact) mass is 541 g/mol. The Balaban J connectivity index is 1.73. The molecule has 2 heterocycles. The maximum atomic E-state index is 13.3. The summed E-state index contributed by atoms with van der Waals surface area (Å²) in [6, 6.07) is 12.7. The van der Waals surface area contributed by atoms with E-state index in [4.69, 9.17) is 4.74 Å². The lowest BCUT2D eigenvalue weighted by Crippen LogP contribution is -2.38. The predicted octanol–water partition coefficient (Wildman–Crippen LogP) is 2.64. The molecule has 9 nitrogen and oxygen atoms in total. The van der Waals surface area contributed by atoms with Gasteiger partial charge < -0.3 is 14.7 Å². The lowest BCUT2D eigenvalue weighted by atomic mass is 9.94. The molecule has 0 aromatic heterocycles. The number of Topliss-reactive ketones (excluding diaryl/α,β-unsaturated/α-hetero) is 1.